The van der Waals surface area contributed by atoms with Crippen molar-refractivity contribution < 1.29 is 14.3 Å². The zero-order valence-electron chi connectivity index (χ0n) is 13.3. The van der Waals surface area contributed by atoms with Crippen LogP contribution in [0.25, 0.3) is 22.2 Å². The number of fused-ring (bicyclic) bond motifs is 1. The van der Waals surface area contributed by atoms with Crippen molar-refractivity contribution in [2.24, 2.45) is 0 Å². The molecule has 2 N–H and O–H groups in total. The monoisotopic (exact) mass is 323 g/mol. The summed E-state index contributed by atoms with van der Waals surface area (Å²) in [6, 6.07) is 7.37. The van der Waals surface area contributed by atoms with Crippen molar-refractivity contribution in [3.8, 4) is 11.3 Å². The molecular weight excluding hydrogens is 312 g/mol. The van der Waals surface area contributed by atoms with Gasteiger partial charge in [0.25, 0.3) is 0 Å². The number of H-pyrrole nitrogens is 1. The van der Waals surface area contributed by atoms with Gasteiger partial charge in [0, 0.05) is 23.0 Å². The number of hydrogen-bond acceptors (Lipinski definition) is 1. The van der Waals surface area contributed by atoms with Crippen LogP contribution in [0.15, 0.2) is 24.3 Å². The molecule has 0 bridgehead atoms. The molecule has 3 rings (SSSR count). The molecule has 0 unspecified atom stereocenters. The van der Waals surface area contributed by atoms with Crippen molar-refractivity contribution in [2.75, 3.05) is 0 Å². The summed E-state index contributed by atoms with van der Waals surface area (Å²) in [5.41, 5.74) is 1.62. The van der Waals surface area contributed by atoms with E-state index in [1.165, 1.54) is 0 Å². The number of halogens is 1. The molecule has 114 valence electrons. The Hall–Kier alpha value is -2.36. The second-order valence-electron chi connectivity index (χ2n) is 5.76. The summed E-state index contributed by atoms with van der Waals surface area (Å²) in [7, 11) is 23.4. The number of carboxylic acid groups (broad SMARTS) is 1. The summed E-state index contributed by atoms with van der Waals surface area (Å²) in [6.45, 7) is 0. The van der Waals surface area contributed by atoms with Gasteiger partial charge in [-0.3, -0.25) is 4.79 Å². The van der Waals surface area contributed by atoms with Crippen molar-refractivity contribution in [3.05, 3.63) is 35.6 Å². The number of carboxylic acids is 1. The maximum atomic E-state index is 14.0. The molecular formula is C17H10B4FNO2. The van der Waals surface area contributed by atoms with Crippen LogP contribution in [0.2, 0.25) is 0 Å². The zero-order valence-corrected chi connectivity index (χ0v) is 13.3. The number of carbonyl (C=O) groups is 1. The summed E-state index contributed by atoms with van der Waals surface area (Å²) < 4.78 is 14.0. The van der Waals surface area contributed by atoms with Crippen molar-refractivity contribution >= 4 is 70.1 Å². The van der Waals surface area contributed by atoms with Crippen LogP contribution in [0.3, 0.4) is 0 Å². The zero-order chi connectivity index (χ0) is 18.3. The van der Waals surface area contributed by atoms with E-state index in [1.807, 2.05) is 24.3 Å². The summed E-state index contributed by atoms with van der Waals surface area (Å²) in [6.07, 6.45) is 0.158. The molecule has 0 aliphatic rings. The van der Waals surface area contributed by atoms with Gasteiger partial charge < -0.3 is 10.1 Å². The Morgan fingerprint density at radius 2 is 1.64 bits per heavy atom. The Labute approximate surface area is 149 Å². The van der Waals surface area contributed by atoms with E-state index >= 15 is 0 Å². The fraction of sp³-hybridized carbons (Fsp3) is 0.118. The number of para-hydroxylation sites is 1. The van der Waals surface area contributed by atoms with Gasteiger partial charge >= 0.3 is 5.97 Å². The van der Waals surface area contributed by atoms with E-state index in [-0.39, 0.29) is 40.3 Å². The van der Waals surface area contributed by atoms with Gasteiger partial charge in [-0.2, -0.15) is 0 Å². The minimum absolute atomic E-state index is 0.0349. The third-order valence-electron chi connectivity index (χ3n) is 4.24. The van der Waals surface area contributed by atoms with Gasteiger partial charge in [-0.1, -0.05) is 40.1 Å². The summed E-state index contributed by atoms with van der Waals surface area (Å²) in [5.74, 6) is -1.79. The first-order valence-electron chi connectivity index (χ1n) is 7.56. The molecule has 2 aromatic carbocycles. The molecule has 1 heterocycles. The van der Waals surface area contributed by atoms with E-state index < -0.39 is 11.8 Å². The minimum Gasteiger partial charge on any atom is -0.481 e. The van der Waals surface area contributed by atoms with Gasteiger partial charge in [-0.25, -0.2) is 4.39 Å². The van der Waals surface area contributed by atoms with Crippen LogP contribution in [-0.2, 0) is 11.2 Å². The SMILES string of the molecule is [B]c1c([B])c(-c2[nH]c3ccccc3c2CCC(=O)O)c([B])c([B])c1F. The quantitative estimate of drug-likeness (QED) is 0.616. The second kappa shape index (κ2) is 6.51. The molecule has 0 spiro atoms. The predicted molar refractivity (Wildman–Crippen MR) is 101 cm³/mol. The molecule has 0 aliphatic carbocycles. The molecule has 0 saturated carbocycles. The van der Waals surface area contributed by atoms with Gasteiger partial charge in [-0.15, -0.1) is 0 Å². The third-order valence-corrected chi connectivity index (χ3v) is 4.24. The number of nitrogens with one attached hydrogen (secondary N) is 1. The number of aromatic amines is 1. The Morgan fingerprint density at radius 1 is 1.04 bits per heavy atom. The van der Waals surface area contributed by atoms with E-state index in [0.717, 1.165) is 10.9 Å². The van der Waals surface area contributed by atoms with Crippen LogP contribution >= 0.6 is 0 Å². The highest BCUT2D eigenvalue weighted by molar-refractivity contribution is 6.59. The van der Waals surface area contributed by atoms with Crippen molar-refractivity contribution in [1.82, 2.24) is 4.98 Å². The lowest BCUT2D eigenvalue weighted by molar-refractivity contribution is -0.136. The van der Waals surface area contributed by atoms with E-state index in [4.69, 9.17) is 36.5 Å². The third kappa shape index (κ3) is 2.90. The van der Waals surface area contributed by atoms with Crippen molar-refractivity contribution in [2.45, 2.75) is 12.8 Å². The topological polar surface area (TPSA) is 53.1 Å². The largest absolute Gasteiger partial charge is 0.481 e. The molecule has 8 radical (unpaired) electrons. The average molecular weight is 323 g/mol. The Balaban J connectivity index is 2.33. The smallest absolute Gasteiger partial charge is 0.303 e. The van der Waals surface area contributed by atoms with Crippen LogP contribution < -0.4 is 21.9 Å². The molecule has 8 heteroatoms. The number of aryl methyl sites for hydroxylation is 1. The highest BCUT2D eigenvalue weighted by Gasteiger charge is 2.20. The number of benzene rings is 2. The predicted octanol–water partition coefficient (Wildman–Crippen LogP) is -0.834. The lowest BCUT2D eigenvalue weighted by Crippen LogP contribution is -2.46. The molecule has 25 heavy (non-hydrogen) atoms. The summed E-state index contributed by atoms with van der Waals surface area (Å²) in [4.78, 5) is 14.2. The fourth-order valence-electron chi connectivity index (χ4n) is 2.97. The summed E-state index contributed by atoms with van der Waals surface area (Å²) >= 11 is 0. The lowest BCUT2D eigenvalue weighted by atomic mass is 9.66. The summed E-state index contributed by atoms with van der Waals surface area (Å²) in [5, 5.41) is 9.86. The fourth-order valence-corrected chi connectivity index (χ4v) is 2.97. The van der Waals surface area contributed by atoms with Crippen LogP contribution in [0.4, 0.5) is 4.39 Å². The van der Waals surface area contributed by atoms with Crippen LogP contribution in [-0.4, -0.2) is 47.4 Å². The molecule has 0 atom stereocenters. The molecule has 1 aromatic heterocycles. The standard InChI is InChI=1S/C17H10B4FNO2/c18-12-11(13(19)15(21)16(22)14(12)20)17-8(5-6-10(24)25)7-3-1-2-4-9(7)23-17/h1-4,23H,5-6H2,(H,24,25). The first-order chi connectivity index (χ1) is 11.8. The number of hydrogen-bond donors (Lipinski definition) is 2. The van der Waals surface area contributed by atoms with Crippen molar-refractivity contribution in [3.63, 3.8) is 0 Å². The van der Waals surface area contributed by atoms with Gasteiger partial charge in [0.2, 0.25) is 0 Å². The highest BCUT2D eigenvalue weighted by atomic mass is 19.1. The minimum atomic E-state index is -0.935. The molecule has 0 amide bonds. The number of aromatic nitrogens is 1. The Bertz CT molecular complexity index is 971. The van der Waals surface area contributed by atoms with Crippen LogP contribution in [0.1, 0.15) is 12.0 Å². The van der Waals surface area contributed by atoms with E-state index in [9.17, 15) is 9.18 Å². The molecule has 0 fully saturated rings. The molecule has 0 saturated heterocycles. The van der Waals surface area contributed by atoms with Gasteiger partial charge in [-0.05, 0) is 23.6 Å². The van der Waals surface area contributed by atoms with E-state index in [1.54, 1.807) is 0 Å². The Morgan fingerprint density at radius 3 is 2.24 bits per heavy atom. The van der Waals surface area contributed by atoms with E-state index in [2.05, 4.69) is 4.98 Å². The first-order valence-corrected chi connectivity index (χ1v) is 7.56. The maximum absolute atomic E-state index is 14.0. The molecule has 0 aliphatic heterocycles. The lowest BCUT2D eigenvalue weighted by Gasteiger charge is -2.19. The van der Waals surface area contributed by atoms with Crippen LogP contribution in [0, 0.1) is 5.82 Å². The van der Waals surface area contributed by atoms with Gasteiger partial charge in [0.05, 0.1) is 0 Å². The normalized spacial score (nSPS) is 11.1. The first kappa shape index (κ1) is 17.5. The molecule has 3 nitrogen and oxygen atoms in total. The van der Waals surface area contributed by atoms with Crippen LogP contribution in [0.5, 0.6) is 0 Å². The number of rotatable bonds is 4. The highest BCUT2D eigenvalue weighted by Crippen LogP contribution is 2.29. The molecule has 3 aromatic rings. The average Bonchev–Trinajstić information content (AvgIpc) is 2.94. The van der Waals surface area contributed by atoms with Gasteiger partial charge in [0.15, 0.2) is 0 Å². The number of aliphatic carboxylic acids is 1. The van der Waals surface area contributed by atoms with Gasteiger partial charge in [0.1, 0.15) is 37.2 Å². The Kier molecular flexibility index (Phi) is 4.54. The van der Waals surface area contributed by atoms with Crippen molar-refractivity contribution in [1.29, 1.82) is 0 Å². The maximum Gasteiger partial charge on any atom is 0.303 e. The van der Waals surface area contributed by atoms with E-state index in [0.29, 0.717) is 11.3 Å². The second-order valence-corrected chi connectivity index (χ2v) is 5.76.